The second kappa shape index (κ2) is 1.78. The second-order valence-electron chi connectivity index (χ2n) is 1.65. The predicted molar refractivity (Wildman–Crippen MR) is 31.2 cm³/mol. The molecule has 0 heterocycles. The Kier molecular flexibility index (Phi) is 1.12. The van der Waals surface area contributed by atoms with Gasteiger partial charge in [-0.3, -0.25) is 0 Å². The zero-order valence-electron chi connectivity index (χ0n) is 4.39. The van der Waals surface area contributed by atoms with Gasteiger partial charge in [0.15, 0.2) is 0 Å². The van der Waals surface area contributed by atoms with Crippen LogP contribution < -0.4 is 0 Å². The van der Waals surface area contributed by atoms with E-state index in [1.54, 1.807) is 0 Å². The Morgan fingerprint density at radius 1 is 1.00 bits per heavy atom. The first-order valence-corrected chi connectivity index (χ1v) is 2.41. The quantitative estimate of drug-likeness (QED) is 0.435. The summed E-state index contributed by atoms with van der Waals surface area (Å²) in [5, 5.41) is 0. The van der Waals surface area contributed by atoms with E-state index in [1.165, 1.54) is 5.56 Å². The van der Waals surface area contributed by atoms with Crippen molar-refractivity contribution >= 4 is 0 Å². The van der Waals surface area contributed by atoms with Gasteiger partial charge in [-0.1, -0.05) is 35.9 Å². The Labute approximate surface area is 43.8 Å². The predicted octanol–water partition coefficient (Wildman–Crippen LogP) is 2.00. The first kappa shape index (κ1) is 4.38. The fourth-order valence-corrected chi connectivity index (χ4v) is 0.534. The first-order chi connectivity index (χ1) is 3.39. The van der Waals surface area contributed by atoms with Gasteiger partial charge in [0.05, 0.1) is 0 Å². The van der Waals surface area contributed by atoms with Crippen LogP contribution in [0.15, 0.2) is 30.3 Å². The van der Waals surface area contributed by atoms with Gasteiger partial charge in [0.2, 0.25) is 0 Å². The lowest BCUT2D eigenvalue weighted by atomic mass is 11.0. The minimum Gasteiger partial charge on any atom is -0.0622 e. The van der Waals surface area contributed by atoms with E-state index in [2.05, 4.69) is 19.1 Å². The van der Waals surface area contributed by atoms with Crippen molar-refractivity contribution in [3.63, 3.8) is 0 Å². The Bertz CT molecular complexity index is 130. The van der Waals surface area contributed by atoms with E-state index in [4.69, 9.17) is 0 Å². The van der Waals surface area contributed by atoms with Crippen LogP contribution in [0, 0.1) is 6.92 Å². The minimum atomic E-state index is 1.32. The summed E-state index contributed by atoms with van der Waals surface area (Å²) in [5.74, 6) is 0. The van der Waals surface area contributed by atoms with Crippen molar-refractivity contribution in [2.24, 2.45) is 0 Å². The molecular formula is C7H8. The van der Waals surface area contributed by atoms with Gasteiger partial charge in [-0.15, -0.1) is 0 Å². The summed E-state index contributed by atoms with van der Waals surface area (Å²) < 4.78 is 0. The van der Waals surface area contributed by atoms with Crippen molar-refractivity contribution in [2.45, 2.75) is 6.92 Å². The molecule has 0 aliphatic carbocycles. The van der Waals surface area contributed by atoms with Crippen LogP contribution in [0.1, 0.15) is 5.56 Å². The molecule has 1 aromatic rings. The summed E-state index contributed by atoms with van der Waals surface area (Å²) in [5.41, 5.74) is 1.32. The van der Waals surface area contributed by atoms with Gasteiger partial charge in [0, 0.05) is 0 Å². The van der Waals surface area contributed by atoms with E-state index in [0.29, 0.717) is 0 Å². The van der Waals surface area contributed by atoms with Gasteiger partial charge in [0.25, 0.3) is 0 Å². The van der Waals surface area contributed by atoms with Gasteiger partial charge in [-0.2, -0.15) is 0 Å². The molecule has 0 unspecified atom stereocenters. The summed E-state index contributed by atoms with van der Waals surface area (Å²) in [7, 11) is 0. The standard InChI is InChI=1S/C7H8/c1-7-5-3-2-4-6-7/h2-6H,1H3/i1+1,2+1,3+1,4+1,5+1,7+1. The van der Waals surface area contributed by atoms with Gasteiger partial charge < -0.3 is 0 Å². The van der Waals surface area contributed by atoms with Crippen LogP contribution in [0.25, 0.3) is 0 Å². The Hall–Kier alpha value is -0.780. The molecule has 0 amide bonds. The molecule has 1 rings (SSSR count). The molecule has 0 aliphatic heterocycles. The van der Waals surface area contributed by atoms with Crippen LogP contribution in [0.4, 0.5) is 0 Å². The molecule has 0 saturated carbocycles. The smallest absolute Gasteiger partial charge is 0.0398 e. The molecule has 0 aromatic heterocycles. The Morgan fingerprint density at radius 3 is 1.86 bits per heavy atom. The van der Waals surface area contributed by atoms with Gasteiger partial charge in [0.1, 0.15) is 0 Å². The summed E-state index contributed by atoms with van der Waals surface area (Å²) in [6.07, 6.45) is 0. The second-order valence-corrected chi connectivity index (χ2v) is 1.65. The van der Waals surface area contributed by atoms with E-state index in [1.807, 2.05) is 18.2 Å². The van der Waals surface area contributed by atoms with Crippen LogP contribution in [0.5, 0.6) is 0 Å². The van der Waals surface area contributed by atoms with Gasteiger partial charge in [-0.05, 0) is 6.92 Å². The van der Waals surface area contributed by atoms with Crippen molar-refractivity contribution in [3.8, 4) is 0 Å². The monoisotopic (exact) mass is 98.1 g/mol. The highest BCUT2D eigenvalue weighted by Crippen LogP contribution is 1.92. The van der Waals surface area contributed by atoms with E-state index in [-0.39, 0.29) is 0 Å². The lowest BCUT2D eigenvalue weighted by molar-refractivity contribution is 1.48. The zero-order valence-corrected chi connectivity index (χ0v) is 4.39. The highest BCUT2D eigenvalue weighted by Gasteiger charge is 1.72. The maximum atomic E-state index is 2.08. The third-order valence-corrected chi connectivity index (χ3v) is 0.940. The fraction of sp³-hybridized carbons (Fsp3) is 0.143. The van der Waals surface area contributed by atoms with Gasteiger partial charge >= 0.3 is 0 Å². The maximum absolute atomic E-state index is 2.08. The van der Waals surface area contributed by atoms with Gasteiger partial charge in [-0.25, -0.2) is 0 Å². The van der Waals surface area contributed by atoms with Crippen molar-refractivity contribution in [2.75, 3.05) is 0 Å². The van der Waals surface area contributed by atoms with Crippen molar-refractivity contribution in [1.82, 2.24) is 0 Å². The number of hydrogen-bond donors (Lipinski definition) is 0. The molecule has 0 atom stereocenters. The van der Waals surface area contributed by atoms with Crippen LogP contribution in [-0.4, -0.2) is 0 Å². The molecule has 0 fully saturated rings. The zero-order chi connectivity index (χ0) is 5.11. The lowest BCUT2D eigenvalue weighted by Gasteiger charge is -1.82. The number of benzene rings is 1. The van der Waals surface area contributed by atoms with Crippen LogP contribution in [0.2, 0.25) is 0 Å². The molecule has 0 nitrogen and oxygen atoms in total. The number of hydrogen-bond acceptors (Lipinski definition) is 0. The third kappa shape index (κ3) is 1.04. The molecule has 36 valence electrons. The molecule has 0 N–H and O–H groups in total. The van der Waals surface area contributed by atoms with E-state index in [9.17, 15) is 0 Å². The lowest BCUT2D eigenvalue weighted by Crippen LogP contribution is -1.62. The SMILES string of the molecule is [13CH3][13c]1c[13cH][13cH][13cH][13cH]1. The maximum Gasteiger partial charge on any atom is -0.0398 e. The summed E-state index contributed by atoms with van der Waals surface area (Å²) >= 11 is 0. The first-order valence-electron chi connectivity index (χ1n) is 2.41. The number of aryl methyl sites for hydroxylation is 1. The highest BCUT2D eigenvalue weighted by atomic mass is 14.7. The highest BCUT2D eigenvalue weighted by molar-refractivity contribution is 5.11. The molecule has 7 heavy (non-hydrogen) atoms. The average Bonchev–Trinajstić information content (AvgIpc) is 1.69. The molecule has 0 radical (unpaired) electrons. The molecule has 0 heteroatoms. The molecule has 0 saturated heterocycles. The van der Waals surface area contributed by atoms with E-state index in [0.717, 1.165) is 0 Å². The van der Waals surface area contributed by atoms with E-state index >= 15 is 0 Å². The summed E-state index contributed by atoms with van der Waals surface area (Å²) in [6.45, 7) is 2.08. The van der Waals surface area contributed by atoms with Crippen molar-refractivity contribution in [3.05, 3.63) is 35.9 Å². The van der Waals surface area contributed by atoms with Crippen molar-refractivity contribution in [1.29, 1.82) is 0 Å². The van der Waals surface area contributed by atoms with Crippen LogP contribution >= 0.6 is 0 Å². The number of rotatable bonds is 0. The fourth-order valence-electron chi connectivity index (χ4n) is 0.534. The summed E-state index contributed by atoms with van der Waals surface area (Å²) in [4.78, 5) is 0. The third-order valence-electron chi connectivity index (χ3n) is 0.940. The molecular weight excluding hydrogens is 90.0 g/mol. The molecule has 0 bridgehead atoms. The van der Waals surface area contributed by atoms with E-state index < -0.39 is 0 Å². The summed E-state index contributed by atoms with van der Waals surface area (Å²) in [6, 6.07) is 10.3. The molecule has 0 spiro atoms. The average molecular weight is 98.1 g/mol. The van der Waals surface area contributed by atoms with Crippen LogP contribution in [-0.2, 0) is 0 Å². The Morgan fingerprint density at radius 2 is 1.57 bits per heavy atom. The largest absolute Gasteiger partial charge is 0.0622 e. The van der Waals surface area contributed by atoms with Crippen molar-refractivity contribution < 1.29 is 0 Å². The molecule has 0 aliphatic rings. The normalized spacial score (nSPS) is 8.71. The Balaban J connectivity index is 3.02. The minimum absolute atomic E-state index is 1.32. The molecule has 1 aromatic carbocycles. The topological polar surface area (TPSA) is 0 Å². The van der Waals surface area contributed by atoms with Crippen LogP contribution in [0.3, 0.4) is 0 Å².